The Kier molecular flexibility index (Phi) is 3.30. The molecule has 1 saturated heterocycles. The van der Waals surface area contributed by atoms with Crippen molar-refractivity contribution in [1.29, 1.82) is 0 Å². The highest BCUT2D eigenvalue weighted by Gasteiger charge is 2.35. The molecule has 0 spiro atoms. The first kappa shape index (κ1) is 13.2. The summed E-state index contributed by atoms with van der Waals surface area (Å²) in [7, 11) is 0. The standard InChI is InChI=1S/C15H13BrN2O2/c1-9-7-13(19)18(15(9)20)8-10-4-5-12(16)11-3-2-6-17-14(10)11/h2-6,9H,7-8H2,1H3/t9-/m1/s1. The van der Waals surface area contributed by atoms with Gasteiger partial charge >= 0.3 is 0 Å². The Balaban J connectivity index is 2.02. The van der Waals surface area contributed by atoms with Crippen LogP contribution in [0.15, 0.2) is 34.9 Å². The topological polar surface area (TPSA) is 50.3 Å². The average molecular weight is 333 g/mol. The molecule has 2 amide bonds. The minimum Gasteiger partial charge on any atom is -0.278 e. The Labute approximate surface area is 124 Å². The second-order valence-corrected chi connectivity index (χ2v) is 5.88. The van der Waals surface area contributed by atoms with Gasteiger partial charge in [0.05, 0.1) is 12.1 Å². The summed E-state index contributed by atoms with van der Waals surface area (Å²) >= 11 is 3.49. The van der Waals surface area contributed by atoms with Crippen LogP contribution in [-0.4, -0.2) is 21.7 Å². The number of hydrogen-bond donors (Lipinski definition) is 0. The number of amides is 2. The van der Waals surface area contributed by atoms with E-state index in [4.69, 9.17) is 0 Å². The number of hydrogen-bond acceptors (Lipinski definition) is 3. The Bertz CT molecular complexity index is 714. The maximum absolute atomic E-state index is 12.0. The lowest BCUT2D eigenvalue weighted by Crippen LogP contribution is -2.29. The van der Waals surface area contributed by atoms with E-state index >= 15 is 0 Å². The van der Waals surface area contributed by atoms with Crippen molar-refractivity contribution in [2.24, 2.45) is 5.92 Å². The number of benzene rings is 1. The summed E-state index contributed by atoms with van der Waals surface area (Å²) in [5.74, 6) is -0.409. The van der Waals surface area contributed by atoms with Crippen LogP contribution < -0.4 is 0 Å². The van der Waals surface area contributed by atoms with Crippen molar-refractivity contribution < 1.29 is 9.59 Å². The third-order valence-electron chi connectivity index (χ3n) is 3.60. The number of carbonyl (C=O) groups is 2. The smallest absolute Gasteiger partial charge is 0.232 e. The predicted molar refractivity (Wildman–Crippen MR) is 78.8 cm³/mol. The number of likely N-dealkylation sites (tertiary alicyclic amines) is 1. The van der Waals surface area contributed by atoms with Crippen molar-refractivity contribution in [2.75, 3.05) is 0 Å². The maximum Gasteiger partial charge on any atom is 0.232 e. The summed E-state index contributed by atoms with van der Waals surface area (Å²) in [5, 5.41) is 0.983. The van der Waals surface area contributed by atoms with E-state index in [1.807, 2.05) is 24.3 Å². The largest absolute Gasteiger partial charge is 0.278 e. The summed E-state index contributed by atoms with van der Waals surface area (Å²) in [4.78, 5) is 29.6. The lowest BCUT2D eigenvalue weighted by atomic mass is 10.1. The van der Waals surface area contributed by atoms with Gasteiger partial charge in [-0.3, -0.25) is 19.5 Å². The number of nitrogens with zero attached hydrogens (tertiary/aromatic N) is 2. The summed E-state index contributed by atoms with van der Waals surface area (Å²) in [6.45, 7) is 2.08. The molecule has 4 nitrogen and oxygen atoms in total. The molecular formula is C15H13BrN2O2. The maximum atomic E-state index is 12.0. The molecule has 0 radical (unpaired) electrons. The Morgan fingerprint density at radius 2 is 2.15 bits per heavy atom. The summed E-state index contributed by atoms with van der Waals surface area (Å²) < 4.78 is 0.955. The highest BCUT2D eigenvalue weighted by Crippen LogP contribution is 2.28. The highest BCUT2D eigenvalue weighted by molar-refractivity contribution is 9.10. The molecule has 1 aromatic heterocycles. The minimum absolute atomic E-state index is 0.0954. The van der Waals surface area contributed by atoms with E-state index < -0.39 is 0 Å². The highest BCUT2D eigenvalue weighted by atomic mass is 79.9. The van der Waals surface area contributed by atoms with Crippen molar-refractivity contribution in [2.45, 2.75) is 19.9 Å². The van der Waals surface area contributed by atoms with Crippen LogP contribution in [0.1, 0.15) is 18.9 Å². The van der Waals surface area contributed by atoms with Crippen LogP contribution in [0.2, 0.25) is 0 Å². The second kappa shape index (κ2) is 4.98. The lowest BCUT2D eigenvalue weighted by molar-refractivity contribution is -0.139. The molecule has 0 saturated carbocycles. The van der Waals surface area contributed by atoms with E-state index in [1.54, 1.807) is 13.1 Å². The molecule has 2 aromatic rings. The van der Waals surface area contributed by atoms with Gasteiger partial charge in [0.1, 0.15) is 0 Å². The molecule has 0 unspecified atom stereocenters. The first-order chi connectivity index (χ1) is 9.58. The number of pyridine rings is 1. The van der Waals surface area contributed by atoms with E-state index in [-0.39, 0.29) is 17.7 Å². The summed E-state index contributed by atoms with van der Waals surface area (Å²) in [6, 6.07) is 7.66. The van der Waals surface area contributed by atoms with Crippen LogP contribution in [0, 0.1) is 5.92 Å². The van der Waals surface area contributed by atoms with Crippen molar-refractivity contribution >= 4 is 38.6 Å². The van der Waals surface area contributed by atoms with Crippen molar-refractivity contribution in [3.63, 3.8) is 0 Å². The first-order valence-corrected chi connectivity index (χ1v) is 7.23. The van der Waals surface area contributed by atoms with E-state index in [0.29, 0.717) is 13.0 Å². The Hall–Kier alpha value is -1.75. The normalized spacial score (nSPS) is 19.1. The fraction of sp³-hybridized carbons (Fsp3) is 0.267. The molecule has 1 aromatic carbocycles. The molecule has 1 aliphatic heterocycles. The molecule has 0 N–H and O–H groups in total. The molecular weight excluding hydrogens is 320 g/mol. The first-order valence-electron chi connectivity index (χ1n) is 6.44. The van der Waals surface area contributed by atoms with Crippen LogP contribution in [0.25, 0.3) is 10.9 Å². The number of carbonyl (C=O) groups excluding carboxylic acids is 2. The average Bonchev–Trinajstić information content (AvgIpc) is 2.68. The van der Waals surface area contributed by atoms with Crippen molar-refractivity contribution in [3.05, 3.63) is 40.5 Å². The van der Waals surface area contributed by atoms with Gasteiger partial charge in [0.25, 0.3) is 0 Å². The third kappa shape index (κ3) is 2.12. The molecule has 0 bridgehead atoms. The Morgan fingerprint density at radius 1 is 1.35 bits per heavy atom. The van der Waals surface area contributed by atoms with Gasteiger partial charge in [0, 0.05) is 28.4 Å². The molecule has 3 rings (SSSR count). The van der Waals surface area contributed by atoms with Gasteiger partial charge in [0.2, 0.25) is 11.8 Å². The van der Waals surface area contributed by atoms with Gasteiger partial charge in [-0.25, -0.2) is 0 Å². The zero-order valence-corrected chi connectivity index (χ0v) is 12.6. The molecule has 1 aliphatic rings. The van der Waals surface area contributed by atoms with Gasteiger partial charge in [-0.05, 0) is 17.7 Å². The fourth-order valence-electron chi connectivity index (χ4n) is 2.51. The molecule has 0 aliphatic carbocycles. The molecule has 2 heterocycles. The van der Waals surface area contributed by atoms with Crippen LogP contribution in [0.5, 0.6) is 0 Å². The molecule has 1 fully saturated rings. The zero-order valence-electron chi connectivity index (χ0n) is 11.0. The van der Waals surface area contributed by atoms with Gasteiger partial charge in [0.15, 0.2) is 0 Å². The van der Waals surface area contributed by atoms with E-state index in [9.17, 15) is 9.59 Å². The number of imide groups is 1. The van der Waals surface area contributed by atoms with Crippen LogP contribution in [0.3, 0.4) is 0 Å². The van der Waals surface area contributed by atoms with Gasteiger partial charge < -0.3 is 0 Å². The lowest BCUT2D eigenvalue weighted by Gasteiger charge is -2.16. The molecule has 5 heteroatoms. The number of halogens is 1. The minimum atomic E-state index is -0.211. The van der Waals surface area contributed by atoms with Gasteiger partial charge in [-0.2, -0.15) is 0 Å². The number of aromatic nitrogens is 1. The zero-order chi connectivity index (χ0) is 14.3. The van der Waals surface area contributed by atoms with Gasteiger partial charge in [-0.1, -0.05) is 35.0 Å². The van der Waals surface area contributed by atoms with E-state index in [2.05, 4.69) is 20.9 Å². The fourth-order valence-corrected chi connectivity index (χ4v) is 2.96. The van der Waals surface area contributed by atoms with Crippen molar-refractivity contribution in [3.8, 4) is 0 Å². The molecule has 102 valence electrons. The SMILES string of the molecule is C[C@@H]1CC(=O)N(Cc2ccc(Br)c3cccnc23)C1=O. The number of fused-ring (bicyclic) bond motifs is 1. The number of rotatable bonds is 2. The van der Waals surface area contributed by atoms with E-state index in [1.165, 1.54) is 4.90 Å². The quantitative estimate of drug-likeness (QED) is 0.794. The molecule has 20 heavy (non-hydrogen) atoms. The molecule has 1 atom stereocenters. The predicted octanol–water partition coefficient (Wildman–Crippen LogP) is 2.89. The second-order valence-electron chi connectivity index (χ2n) is 5.03. The third-order valence-corrected chi connectivity index (χ3v) is 4.29. The van der Waals surface area contributed by atoms with Gasteiger partial charge in [-0.15, -0.1) is 0 Å². The van der Waals surface area contributed by atoms with Crippen LogP contribution >= 0.6 is 15.9 Å². The van der Waals surface area contributed by atoms with E-state index in [0.717, 1.165) is 20.9 Å². The summed E-state index contributed by atoms with van der Waals surface area (Å²) in [5.41, 5.74) is 1.71. The summed E-state index contributed by atoms with van der Waals surface area (Å²) in [6.07, 6.45) is 2.02. The van der Waals surface area contributed by atoms with Crippen LogP contribution in [0.4, 0.5) is 0 Å². The Morgan fingerprint density at radius 3 is 2.85 bits per heavy atom. The monoisotopic (exact) mass is 332 g/mol. The van der Waals surface area contributed by atoms with Crippen LogP contribution in [-0.2, 0) is 16.1 Å². The van der Waals surface area contributed by atoms with Crippen molar-refractivity contribution in [1.82, 2.24) is 9.88 Å².